The molecule has 0 aliphatic carbocycles. The Bertz CT molecular complexity index is 323. The molecule has 0 heterocycles. The van der Waals surface area contributed by atoms with E-state index in [0.717, 1.165) is 23.5 Å². The molecule has 84 valence electrons. The van der Waals surface area contributed by atoms with Crippen molar-refractivity contribution in [1.82, 2.24) is 0 Å². The minimum absolute atomic E-state index is 0.523. The highest BCUT2D eigenvalue weighted by molar-refractivity contribution is 5.59. The predicted octanol–water partition coefficient (Wildman–Crippen LogP) is 2.20. The number of benzene rings is 1. The second kappa shape index (κ2) is 5.03. The molecule has 0 bridgehead atoms. The summed E-state index contributed by atoms with van der Waals surface area (Å²) in [5.41, 5.74) is 1.87. The fourth-order valence-corrected chi connectivity index (χ4v) is 1.63. The van der Waals surface area contributed by atoms with Crippen LogP contribution >= 0.6 is 0 Å². The number of anilines is 1. The van der Waals surface area contributed by atoms with Gasteiger partial charge in [-0.05, 0) is 26.0 Å². The molecule has 3 nitrogen and oxygen atoms in total. The van der Waals surface area contributed by atoms with E-state index in [9.17, 15) is 5.11 Å². The molecule has 15 heavy (non-hydrogen) atoms. The van der Waals surface area contributed by atoms with Gasteiger partial charge < -0.3 is 14.7 Å². The maximum absolute atomic E-state index is 9.75. The lowest BCUT2D eigenvalue weighted by molar-refractivity contribution is 0.194. The number of hydrogen-bond donors (Lipinski definition) is 1. The van der Waals surface area contributed by atoms with Crippen LogP contribution in [-0.2, 0) is 0 Å². The van der Waals surface area contributed by atoms with E-state index in [0.29, 0.717) is 0 Å². The van der Waals surface area contributed by atoms with E-state index in [1.54, 1.807) is 14.0 Å². The van der Waals surface area contributed by atoms with Crippen molar-refractivity contribution in [3.8, 4) is 5.75 Å². The highest BCUT2D eigenvalue weighted by Gasteiger charge is 2.15. The molecule has 0 amide bonds. The average Bonchev–Trinajstić information content (AvgIpc) is 2.26. The van der Waals surface area contributed by atoms with Gasteiger partial charge >= 0.3 is 0 Å². The third kappa shape index (κ3) is 2.42. The molecule has 0 saturated heterocycles. The molecule has 3 heteroatoms. The Kier molecular flexibility index (Phi) is 3.97. The van der Waals surface area contributed by atoms with E-state index in [-0.39, 0.29) is 0 Å². The molecule has 0 spiro atoms. The summed E-state index contributed by atoms with van der Waals surface area (Å²) in [6, 6.07) is 5.80. The van der Waals surface area contributed by atoms with Crippen LogP contribution in [0.1, 0.15) is 25.5 Å². The topological polar surface area (TPSA) is 32.7 Å². The maximum atomic E-state index is 9.75. The van der Waals surface area contributed by atoms with Crippen LogP contribution in [0.2, 0.25) is 0 Å². The van der Waals surface area contributed by atoms with E-state index >= 15 is 0 Å². The summed E-state index contributed by atoms with van der Waals surface area (Å²) in [4.78, 5) is 2.09. The molecular weight excluding hydrogens is 190 g/mol. The first-order valence-corrected chi connectivity index (χ1v) is 5.17. The maximum Gasteiger partial charge on any atom is 0.126 e. The fourth-order valence-electron chi connectivity index (χ4n) is 1.63. The minimum Gasteiger partial charge on any atom is -0.496 e. The summed E-state index contributed by atoms with van der Waals surface area (Å²) in [6.45, 7) is 4.73. The van der Waals surface area contributed by atoms with E-state index in [4.69, 9.17) is 4.74 Å². The Balaban J connectivity index is 3.25. The van der Waals surface area contributed by atoms with Gasteiger partial charge in [0.25, 0.3) is 0 Å². The Labute approximate surface area is 91.3 Å². The number of nitrogens with zero attached hydrogens (tertiary/aromatic N) is 1. The smallest absolute Gasteiger partial charge is 0.126 e. The number of ether oxygens (including phenoxy) is 1. The first kappa shape index (κ1) is 11.9. The number of hydrogen-bond acceptors (Lipinski definition) is 3. The van der Waals surface area contributed by atoms with Crippen molar-refractivity contribution in [2.75, 3.05) is 25.6 Å². The van der Waals surface area contributed by atoms with E-state index in [1.165, 1.54) is 0 Å². The van der Waals surface area contributed by atoms with Crippen molar-refractivity contribution in [1.29, 1.82) is 0 Å². The second-order valence-electron chi connectivity index (χ2n) is 3.58. The van der Waals surface area contributed by atoms with Crippen LogP contribution in [0.25, 0.3) is 0 Å². The molecule has 0 aromatic heterocycles. The third-order valence-corrected chi connectivity index (χ3v) is 2.57. The SMILES string of the molecule is CCN(C)c1cccc(OC)c1[C@H](C)O. The summed E-state index contributed by atoms with van der Waals surface area (Å²) < 4.78 is 5.26. The molecule has 1 atom stereocenters. The largest absolute Gasteiger partial charge is 0.496 e. The van der Waals surface area contributed by atoms with Crippen LogP contribution in [0, 0.1) is 0 Å². The molecule has 1 N–H and O–H groups in total. The van der Waals surface area contributed by atoms with Gasteiger partial charge in [0.15, 0.2) is 0 Å². The molecule has 1 aromatic rings. The van der Waals surface area contributed by atoms with Gasteiger partial charge in [0.1, 0.15) is 5.75 Å². The van der Waals surface area contributed by atoms with E-state index in [1.807, 2.05) is 25.2 Å². The van der Waals surface area contributed by atoms with E-state index < -0.39 is 6.10 Å². The molecule has 1 aromatic carbocycles. The van der Waals surface area contributed by atoms with Crippen molar-refractivity contribution in [2.45, 2.75) is 20.0 Å². The fraction of sp³-hybridized carbons (Fsp3) is 0.500. The zero-order chi connectivity index (χ0) is 11.4. The number of aliphatic hydroxyl groups is 1. The standard InChI is InChI=1S/C12H19NO2/c1-5-13(3)10-7-6-8-11(15-4)12(10)9(2)14/h6-9,14H,5H2,1-4H3/t9-/m0/s1. The quantitative estimate of drug-likeness (QED) is 0.825. The van der Waals surface area contributed by atoms with Crippen molar-refractivity contribution in [2.24, 2.45) is 0 Å². The molecule has 1 rings (SSSR count). The zero-order valence-corrected chi connectivity index (χ0v) is 9.82. The molecule has 0 aliphatic heterocycles. The first-order chi connectivity index (χ1) is 7.11. The van der Waals surface area contributed by atoms with E-state index in [2.05, 4.69) is 11.8 Å². The van der Waals surface area contributed by atoms with Crippen molar-refractivity contribution in [3.05, 3.63) is 23.8 Å². The Hall–Kier alpha value is -1.22. The van der Waals surface area contributed by atoms with Gasteiger partial charge in [-0.1, -0.05) is 6.07 Å². The average molecular weight is 209 g/mol. The molecule has 0 unspecified atom stereocenters. The lowest BCUT2D eigenvalue weighted by Crippen LogP contribution is -2.18. The van der Waals surface area contributed by atoms with Crippen molar-refractivity contribution >= 4 is 5.69 Å². The number of aliphatic hydroxyl groups excluding tert-OH is 1. The van der Waals surface area contributed by atoms with Gasteiger partial charge in [0, 0.05) is 24.8 Å². The molecule has 0 radical (unpaired) electrons. The predicted molar refractivity (Wildman–Crippen MR) is 62.6 cm³/mol. The third-order valence-electron chi connectivity index (χ3n) is 2.57. The Morgan fingerprint density at radius 2 is 2.13 bits per heavy atom. The summed E-state index contributed by atoms with van der Waals surface area (Å²) in [7, 11) is 3.62. The van der Waals surface area contributed by atoms with Gasteiger partial charge in [0.2, 0.25) is 0 Å². The number of rotatable bonds is 4. The summed E-state index contributed by atoms with van der Waals surface area (Å²) in [5, 5.41) is 9.75. The molecule has 0 saturated carbocycles. The minimum atomic E-state index is -0.523. The van der Waals surface area contributed by atoms with Crippen LogP contribution in [0.5, 0.6) is 5.75 Å². The number of methoxy groups -OCH3 is 1. The van der Waals surface area contributed by atoms with Gasteiger partial charge in [-0.3, -0.25) is 0 Å². The highest BCUT2D eigenvalue weighted by atomic mass is 16.5. The van der Waals surface area contributed by atoms with Crippen LogP contribution < -0.4 is 9.64 Å². The molecule has 0 fully saturated rings. The highest BCUT2D eigenvalue weighted by Crippen LogP contribution is 2.33. The van der Waals surface area contributed by atoms with Gasteiger partial charge in [-0.25, -0.2) is 0 Å². The van der Waals surface area contributed by atoms with Crippen LogP contribution in [0.3, 0.4) is 0 Å². The van der Waals surface area contributed by atoms with Gasteiger partial charge in [-0.15, -0.1) is 0 Å². The normalized spacial score (nSPS) is 12.3. The second-order valence-corrected chi connectivity index (χ2v) is 3.58. The van der Waals surface area contributed by atoms with Crippen molar-refractivity contribution in [3.63, 3.8) is 0 Å². The lowest BCUT2D eigenvalue weighted by atomic mass is 10.1. The molecule has 0 aliphatic rings. The molecular formula is C12H19NO2. The summed E-state index contributed by atoms with van der Waals surface area (Å²) >= 11 is 0. The lowest BCUT2D eigenvalue weighted by Gasteiger charge is -2.23. The monoisotopic (exact) mass is 209 g/mol. The first-order valence-electron chi connectivity index (χ1n) is 5.17. The Morgan fingerprint density at radius 3 is 2.60 bits per heavy atom. The summed E-state index contributed by atoms with van der Waals surface area (Å²) in [5.74, 6) is 0.739. The summed E-state index contributed by atoms with van der Waals surface area (Å²) in [6.07, 6.45) is -0.523. The Morgan fingerprint density at radius 1 is 1.47 bits per heavy atom. The van der Waals surface area contributed by atoms with Crippen LogP contribution in [0.4, 0.5) is 5.69 Å². The van der Waals surface area contributed by atoms with Crippen molar-refractivity contribution < 1.29 is 9.84 Å². The van der Waals surface area contributed by atoms with Gasteiger partial charge in [0.05, 0.1) is 13.2 Å². The van der Waals surface area contributed by atoms with Crippen LogP contribution in [0.15, 0.2) is 18.2 Å². The zero-order valence-electron chi connectivity index (χ0n) is 9.82. The van der Waals surface area contributed by atoms with Gasteiger partial charge in [-0.2, -0.15) is 0 Å². The van der Waals surface area contributed by atoms with Crippen LogP contribution in [-0.4, -0.2) is 25.8 Å².